The van der Waals surface area contributed by atoms with Crippen LogP contribution in [0.3, 0.4) is 0 Å². The lowest BCUT2D eigenvalue weighted by atomic mass is 9.89. The molecule has 2 N–H and O–H groups in total. The third-order valence-corrected chi connectivity index (χ3v) is 1.74. The average molecular weight is 159 g/mol. The normalized spacial score (nSPS) is 30.3. The van der Waals surface area contributed by atoms with Gasteiger partial charge in [0.25, 0.3) is 0 Å². The molecule has 0 aromatic rings. The van der Waals surface area contributed by atoms with Crippen LogP contribution in [0.4, 0.5) is 8.78 Å². The molecule has 1 rings (SSSR count). The molecule has 0 radical (unpaired) electrons. The molecular formula is C8H11F2N. The van der Waals surface area contributed by atoms with Crippen LogP contribution in [-0.2, 0) is 0 Å². The van der Waals surface area contributed by atoms with Gasteiger partial charge in [0.15, 0.2) is 0 Å². The topological polar surface area (TPSA) is 26.0 Å². The first-order valence-corrected chi connectivity index (χ1v) is 3.48. The Morgan fingerprint density at radius 2 is 2.27 bits per heavy atom. The van der Waals surface area contributed by atoms with Crippen LogP contribution in [0.5, 0.6) is 0 Å². The lowest BCUT2D eigenvalue weighted by Crippen LogP contribution is -2.41. The second kappa shape index (κ2) is 3.13. The minimum Gasteiger partial charge on any atom is -0.319 e. The molecule has 0 saturated heterocycles. The van der Waals surface area contributed by atoms with Gasteiger partial charge in [-0.25, -0.2) is 8.78 Å². The second-order valence-electron chi connectivity index (χ2n) is 2.86. The Hall–Kier alpha value is -0.700. The van der Waals surface area contributed by atoms with E-state index in [2.05, 4.69) is 0 Å². The van der Waals surface area contributed by atoms with Crippen molar-refractivity contribution in [3.63, 3.8) is 0 Å². The monoisotopic (exact) mass is 159 g/mol. The highest BCUT2D eigenvalue weighted by Gasteiger charge is 2.24. The molecule has 11 heavy (non-hydrogen) atoms. The molecule has 0 spiro atoms. The summed E-state index contributed by atoms with van der Waals surface area (Å²) in [6.07, 6.45) is 5.11. The molecule has 1 nitrogen and oxygen atoms in total. The molecule has 3 heteroatoms. The van der Waals surface area contributed by atoms with Crippen molar-refractivity contribution in [2.24, 2.45) is 5.73 Å². The molecule has 0 aliphatic heterocycles. The van der Waals surface area contributed by atoms with Gasteiger partial charge in [-0.15, -0.1) is 0 Å². The van der Waals surface area contributed by atoms with E-state index in [1.165, 1.54) is 0 Å². The molecule has 1 aliphatic rings. The van der Waals surface area contributed by atoms with E-state index in [1.54, 1.807) is 18.2 Å². The Balaban J connectivity index is 2.68. The summed E-state index contributed by atoms with van der Waals surface area (Å²) in [5, 5.41) is 0. The van der Waals surface area contributed by atoms with Gasteiger partial charge < -0.3 is 5.73 Å². The van der Waals surface area contributed by atoms with E-state index in [9.17, 15) is 8.78 Å². The van der Waals surface area contributed by atoms with E-state index in [0.29, 0.717) is 5.57 Å². The zero-order valence-corrected chi connectivity index (χ0v) is 6.19. The largest absolute Gasteiger partial charge is 0.319 e. The molecule has 0 fully saturated rings. The van der Waals surface area contributed by atoms with Gasteiger partial charge in [-0.3, -0.25) is 0 Å². The number of allylic oxidation sites excluding steroid dienone is 2. The van der Waals surface area contributed by atoms with Gasteiger partial charge in [0, 0.05) is 0 Å². The minimum atomic E-state index is -0.962. The predicted octanol–water partition coefficient (Wildman–Crippen LogP) is 1.51. The summed E-state index contributed by atoms with van der Waals surface area (Å²) in [5.74, 6) is 0. The highest BCUT2D eigenvalue weighted by Crippen LogP contribution is 2.21. The molecule has 1 atom stereocenters. The standard InChI is InChI=1S/C8H11F2N/c9-5-7-2-1-3-8(11,4-7)6-10/h1-3H,4-6,11H2. The van der Waals surface area contributed by atoms with E-state index in [1.807, 2.05) is 0 Å². The molecule has 62 valence electrons. The SMILES string of the molecule is NC1(CF)C=CC=C(CF)C1. The molecule has 0 amide bonds. The first kappa shape index (κ1) is 8.40. The Bertz CT molecular complexity index is 198. The third-order valence-electron chi connectivity index (χ3n) is 1.74. The first-order valence-electron chi connectivity index (χ1n) is 3.48. The van der Waals surface area contributed by atoms with Crippen LogP contribution in [0.25, 0.3) is 0 Å². The van der Waals surface area contributed by atoms with Crippen LogP contribution in [-0.4, -0.2) is 18.9 Å². The van der Waals surface area contributed by atoms with Crippen molar-refractivity contribution >= 4 is 0 Å². The van der Waals surface area contributed by atoms with Crippen LogP contribution >= 0.6 is 0 Å². The zero-order chi connectivity index (χ0) is 8.32. The Morgan fingerprint density at radius 1 is 1.55 bits per heavy atom. The second-order valence-corrected chi connectivity index (χ2v) is 2.86. The number of hydrogen-bond donors (Lipinski definition) is 1. The van der Waals surface area contributed by atoms with Gasteiger partial charge in [0.1, 0.15) is 13.3 Å². The third kappa shape index (κ3) is 1.87. The Labute approximate surface area is 64.6 Å². The summed E-state index contributed by atoms with van der Waals surface area (Å²) >= 11 is 0. The van der Waals surface area contributed by atoms with Crippen molar-refractivity contribution in [3.05, 3.63) is 23.8 Å². The zero-order valence-electron chi connectivity index (χ0n) is 6.19. The highest BCUT2D eigenvalue weighted by atomic mass is 19.1. The van der Waals surface area contributed by atoms with Crippen molar-refractivity contribution in [2.45, 2.75) is 12.0 Å². The summed E-state index contributed by atoms with van der Waals surface area (Å²) < 4.78 is 24.3. The molecule has 1 aliphatic carbocycles. The molecule has 0 heterocycles. The van der Waals surface area contributed by atoms with Crippen LogP contribution in [0.1, 0.15) is 6.42 Å². The predicted molar refractivity (Wildman–Crippen MR) is 40.7 cm³/mol. The van der Waals surface area contributed by atoms with Gasteiger partial charge >= 0.3 is 0 Å². The fourth-order valence-electron chi connectivity index (χ4n) is 1.10. The van der Waals surface area contributed by atoms with Crippen LogP contribution in [0, 0.1) is 0 Å². The molecule has 0 aromatic heterocycles. The van der Waals surface area contributed by atoms with Crippen molar-refractivity contribution < 1.29 is 8.78 Å². The van der Waals surface area contributed by atoms with Crippen molar-refractivity contribution in [2.75, 3.05) is 13.3 Å². The Morgan fingerprint density at radius 3 is 2.82 bits per heavy atom. The number of nitrogens with two attached hydrogens (primary N) is 1. The number of hydrogen-bond acceptors (Lipinski definition) is 1. The molecule has 1 unspecified atom stereocenters. The molecular weight excluding hydrogens is 148 g/mol. The smallest absolute Gasteiger partial charge is 0.111 e. The van der Waals surface area contributed by atoms with Gasteiger partial charge in [-0.2, -0.15) is 0 Å². The van der Waals surface area contributed by atoms with Crippen molar-refractivity contribution in [1.82, 2.24) is 0 Å². The molecule has 0 bridgehead atoms. The van der Waals surface area contributed by atoms with Crippen LogP contribution < -0.4 is 5.73 Å². The van der Waals surface area contributed by atoms with E-state index in [-0.39, 0.29) is 6.42 Å². The average Bonchev–Trinajstić information content (AvgIpc) is 2.05. The fraction of sp³-hybridized carbons (Fsp3) is 0.500. The maximum Gasteiger partial charge on any atom is 0.111 e. The van der Waals surface area contributed by atoms with E-state index >= 15 is 0 Å². The van der Waals surface area contributed by atoms with Gasteiger partial charge in [0.05, 0.1) is 5.54 Å². The van der Waals surface area contributed by atoms with Gasteiger partial charge in [-0.05, 0) is 12.0 Å². The number of halogens is 2. The maximum atomic E-state index is 12.2. The minimum absolute atomic E-state index is 0.288. The lowest BCUT2D eigenvalue weighted by molar-refractivity contribution is 0.349. The van der Waals surface area contributed by atoms with Gasteiger partial charge in [0.2, 0.25) is 0 Å². The summed E-state index contributed by atoms with van der Waals surface area (Å²) in [4.78, 5) is 0. The van der Waals surface area contributed by atoms with E-state index < -0.39 is 18.9 Å². The number of alkyl halides is 2. The summed E-state index contributed by atoms with van der Waals surface area (Å²) in [7, 11) is 0. The lowest BCUT2D eigenvalue weighted by Gasteiger charge is -2.25. The molecule has 0 saturated carbocycles. The van der Waals surface area contributed by atoms with Gasteiger partial charge in [-0.1, -0.05) is 18.2 Å². The summed E-state index contributed by atoms with van der Waals surface area (Å²) in [6, 6.07) is 0. The maximum absolute atomic E-state index is 12.2. The quantitative estimate of drug-likeness (QED) is 0.649. The van der Waals surface area contributed by atoms with E-state index in [0.717, 1.165) is 0 Å². The summed E-state index contributed by atoms with van der Waals surface area (Å²) in [6.45, 7) is -1.18. The highest BCUT2D eigenvalue weighted by molar-refractivity contribution is 5.27. The first-order chi connectivity index (χ1) is 5.20. The Kier molecular flexibility index (Phi) is 2.39. The van der Waals surface area contributed by atoms with E-state index in [4.69, 9.17) is 5.73 Å². The van der Waals surface area contributed by atoms with Crippen LogP contribution in [0.2, 0.25) is 0 Å². The fourth-order valence-corrected chi connectivity index (χ4v) is 1.10. The number of rotatable bonds is 2. The van der Waals surface area contributed by atoms with Crippen LogP contribution in [0.15, 0.2) is 23.8 Å². The van der Waals surface area contributed by atoms with Crippen molar-refractivity contribution in [3.8, 4) is 0 Å². The van der Waals surface area contributed by atoms with Crippen molar-refractivity contribution in [1.29, 1.82) is 0 Å². The summed E-state index contributed by atoms with van der Waals surface area (Å²) in [5.41, 5.74) is 5.16. The molecule has 0 aromatic carbocycles.